The van der Waals surface area contributed by atoms with Crippen LogP contribution in [0.1, 0.15) is 17.2 Å². The van der Waals surface area contributed by atoms with Crippen LogP contribution in [-0.4, -0.2) is 30.2 Å². The molecule has 0 aliphatic carbocycles. The molecule has 1 fully saturated rings. The molecule has 1 aliphatic rings. The molecule has 1 aliphatic heterocycles. The third-order valence-electron chi connectivity index (χ3n) is 5.93. The largest absolute Gasteiger partial charge is 0.507 e. The zero-order valence-electron chi connectivity index (χ0n) is 18.2. The number of ketones is 1. The molecule has 0 saturated carbocycles. The Kier molecular flexibility index (Phi) is 5.43. The summed E-state index contributed by atoms with van der Waals surface area (Å²) in [5.74, 6) is -2.03. The SMILES string of the molecule is NS(=O)(=O)c1ccc(N2C(=O)C(=O)/C(=C(\O)c3cccc4ccccc34)C2c2cccnc2)cc1. The standard InChI is InChI=1S/C26H19N3O5S/c27-35(33,34)19-12-10-18(11-13-19)29-23(17-7-4-14-28-15-17)22(25(31)26(29)32)24(30)21-9-3-6-16-5-1-2-8-20(16)21/h1-15,23,30H,(H2,27,33,34)/b24-22-. The van der Waals surface area contributed by atoms with Crippen molar-refractivity contribution in [3.63, 3.8) is 0 Å². The fourth-order valence-electron chi connectivity index (χ4n) is 4.33. The lowest BCUT2D eigenvalue weighted by Crippen LogP contribution is -2.29. The van der Waals surface area contributed by atoms with Crippen LogP contribution in [0.3, 0.4) is 0 Å². The van der Waals surface area contributed by atoms with Crippen molar-refractivity contribution in [2.75, 3.05) is 4.90 Å². The summed E-state index contributed by atoms with van der Waals surface area (Å²) in [6, 6.07) is 20.4. The van der Waals surface area contributed by atoms with E-state index in [1.165, 1.54) is 35.4 Å². The minimum atomic E-state index is -3.94. The van der Waals surface area contributed by atoms with Gasteiger partial charge in [0.2, 0.25) is 10.0 Å². The Labute approximate surface area is 201 Å². The number of aliphatic hydroxyl groups is 1. The highest BCUT2D eigenvalue weighted by molar-refractivity contribution is 7.89. The first-order chi connectivity index (χ1) is 16.8. The number of sulfonamides is 1. The number of Topliss-reactive ketones (excluding diaryl/α,β-unsaturated/α-hetero) is 1. The second kappa shape index (κ2) is 8.46. The van der Waals surface area contributed by atoms with Gasteiger partial charge in [0.1, 0.15) is 5.76 Å². The van der Waals surface area contributed by atoms with E-state index in [4.69, 9.17) is 5.14 Å². The highest BCUT2D eigenvalue weighted by Crippen LogP contribution is 2.42. The van der Waals surface area contributed by atoms with Gasteiger partial charge >= 0.3 is 0 Å². The van der Waals surface area contributed by atoms with Crippen molar-refractivity contribution in [2.45, 2.75) is 10.9 Å². The zero-order valence-corrected chi connectivity index (χ0v) is 19.0. The third-order valence-corrected chi connectivity index (χ3v) is 6.86. The van der Waals surface area contributed by atoms with E-state index in [-0.39, 0.29) is 21.9 Å². The van der Waals surface area contributed by atoms with Crippen molar-refractivity contribution in [2.24, 2.45) is 5.14 Å². The topological polar surface area (TPSA) is 131 Å². The van der Waals surface area contributed by atoms with Gasteiger partial charge in [-0.15, -0.1) is 0 Å². The molecule has 0 bridgehead atoms. The normalized spacial score (nSPS) is 17.7. The number of aromatic nitrogens is 1. The van der Waals surface area contributed by atoms with E-state index >= 15 is 0 Å². The van der Waals surface area contributed by atoms with Crippen molar-refractivity contribution in [1.82, 2.24) is 4.98 Å². The van der Waals surface area contributed by atoms with E-state index in [2.05, 4.69) is 4.98 Å². The number of fused-ring (bicyclic) bond motifs is 1. The number of anilines is 1. The molecule has 0 radical (unpaired) electrons. The molecule has 174 valence electrons. The van der Waals surface area contributed by atoms with Gasteiger partial charge < -0.3 is 5.11 Å². The Morgan fingerprint density at radius 1 is 0.914 bits per heavy atom. The van der Waals surface area contributed by atoms with E-state index in [1.54, 1.807) is 30.5 Å². The van der Waals surface area contributed by atoms with Crippen LogP contribution < -0.4 is 10.0 Å². The Hall–Kier alpha value is -4.34. The summed E-state index contributed by atoms with van der Waals surface area (Å²) in [5.41, 5.74) is 1.10. The highest BCUT2D eigenvalue weighted by atomic mass is 32.2. The highest BCUT2D eigenvalue weighted by Gasteiger charge is 2.47. The van der Waals surface area contributed by atoms with E-state index in [0.29, 0.717) is 11.1 Å². The molecule has 8 nitrogen and oxygen atoms in total. The summed E-state index contributed by atoms with van der Waals surface area (Å²) in [4.78, 5) is 31.8. The number of carbonyl (C=O) groups is 2. The number of hydrogen-bond acceptors (Lipinski definition) is 6. The quantitative estimate of drug-likeness (QED) is 0.258. The number of amides is 1. The van der Waals surface area contributed by atoms with E-state index in [1.807, 2.05) is 30.3 Å². The molecule has 2 heterocycles. The number of carbonyl (C=O) groups excluding carboxylic acids is 2. The second-order valence-electron chi connectivity index (χ2n) is 8.02. The Morgan fingerprint density at radius 2 is 1.63 bits per heavy atom. The lowest BCUT2D eigenvalue weighted by Gasteiger charge is -2.25. The van der Waals surface area contributed by atoms with E-state index < -0.39 is 27.8 Å². The van der Waals surface area contributed by atoms with Crippen LogP contribution in [0.15, 0.2) is 102 Å². The second-order valence-corrected chi connectivity index (χ2v) is 9.58. The first-order valence-electron chi connectivity index (χ1n) is 10.6. The average molecular weight is 486 g/mol. The molecular weight excluding hydrogens is 466 g/mol. The van der Waals surface area contributed by atoms with Crippen LogP contribution in [0, 0.1) is 0 Å². The number of nitrogens with zero attached hydrogens (tertiary/aromatic N) is 2. The molecule has 4 aromatic rings. The van der Waals surface area contributed by atoms with E-state index in [9.17, 15) is 23.1 Å². The van der Waals surface area contributed by atoms with Crippen LogP contribution in [0.2, 0.25) is 0 Å². The van der Waals surface area contributed by atoms with Gasteiger partial charge in [-0.3, -0.25) is 19.5 Å². The summed E-state index contributed by atoms with van der Waals surface area (Å²) in [7, 11) is -3.94. The zero-order chi connectivity index (χ0) is 24.7. The van der Waals surface area contributed by atoms with Gasteiger partial charge in [0.05, 0.1) is 16.5 Å². The summed E-state index contributed by atoms with van der Waals surface area (Å²) in [6.45, 7) is 0. The molecule has 1 aromatic heterocycles. The summed E-state index contributed by atoms with van der Waals surface area (Å²) in [6.07, 6.45) is 3.07. The predicted octanol–water partition coefficient (Wildman–Crippen LogP) is 3.51. The van der Waals surface area contributed by atoms with Gasteiger partial charge in [-0.2, -0.15) is 0 Å². The fraction of sp³-hybridized carbons (Fsp3) is 0.0385. The number of aliphatic hydroxyl groups excluding tert-OH is 1. The van der Waals surface area contributed by atoms with Gasteiger partial charge in [0.15, 0.2) is 0 Å². The molecule has 5 rings (SSSR count). The molecule has 3 aromatic carbocycles. The molecule has 0 spiro atoms. The molecule has 3 N–H and O–H groups in total. The number of rotatable bonds is 4. The smallest absolute Gasteiger partial charge is 0.300 e. The Bertz CT molecular complexity index is 1610. The molecule has 35 heavy (non-hydrogen) atoms. The molecule has 1 atom stereocenters. The maximum atomic E-state index is 13.3. The van der Waals surface area contributed by atoms with Crippen molar-refractivity contribution < 1.29 is 23.1 Å². The summed E-state index contributed by atoms with van der Waals surface area (Å²) < 4.78 is 23.3. The number of primary sulfonamides is 1. The van der Waals surface area contributed by atoms with Crippen LogP contribution in [0.5, 0.6) is 0 Å². The van der Waals surface area contributed by atoms with Crippen molar-refractivity contribution >= 4 is 43.9 Å². The van der Waals surface area contributed by atoms with Gasteiger partial charge in [0.25, 0.3) is 11.7 Å². The van der Waals surface area contributed by atoms with Crippen LogP contribution in [0.25, 0.3) is 16.5 Å². The van der Waals surface area contributed by atoms with Crippen LogP contribution >= 0.6 is 0 Å². The minimum absolute atomic E-state index is 0.0881. The molecule has 1 unspecified atom stereocenters. The first kappa shape index (κ1) is 22.5. The van der Waals surface area contributed by atoms with Gasteiger partial charge in [-0.25, -0.2) is 13.6 Å². The Morgan fingerprint density at radius 3 is 2.31 bits per heavy atom. The van der Waals surface area contributed by atoms with E-state index in [0.717, 1.165) is 10.8 Å². The van der Waals surface area contributed by atoms with Crippen LogP contribution in [0.4, 0.5) is 5.69 Å². The van der Waals surface area contributed by atoms with Crippen molar-refractivity contribution in [3.8, 4) is 0 Å². The number of nitrogens with two attached hydrogens (primary N) is 1. The minimum Gasteiger partial charge on any atom is -0.507 e. The predicted molar refractivity (Wildman–Crippen MR) is 131 cm³/mol. The number of pyridine rings is 1. The van der Waals surface area contributed by atoms with Gasteiger partial charge in [-0.05, 0) is 46.7 Å². The molecule has 1 amide bonds. The van der Waals surface area contributed by atoms with Gasteiger partial charge in [-0.1, -0.05) is 48.5 Å². The maximum Gasteiger partial charge on any atom is 0.300 e. The average Bonchev–Trinajstić information content (AvgIpc) is 3.13. The lowest BCUT2D eigenvalue weighted by molar-refractivity contribution is -0.132. The van der Waals surface area contributed by atoms with Gasteiger partial charge in [0, 0.05) is 23.6 Å². The molecular formula is C26H19N3O5S. The van der Waals surface area contributed by atoms with Crippen molar-refractivity contribution in [1.29, 1.82) is 0 Å². The fourth-order valence-corrected chi connectivity index (χ4v) is 4.84. The van der Waals surface area contributed by atoms with Crippen molar-refractivity contribution in [3.05, 3.63) is 108 Å². The first-order valence-corrected chi connectivity index (χ1v) is 12.1. The molecule has 9 heteroatoms. The molecule has 1 saturated heterocycles. The lowest BCUT2D eigenvalue weighted by atomic mass is 9.94. The maximum absolute atomic E-state index is 13.3. The number of hydrogen-bond donors (Lipinski definition) is 2. The summed E-state index contributed by atoms with van der Waals surface area (Å²) in [5, 5.41) is 18.2. The van der Waals surface area contributed by atoms with Crippen LogP contribution in [-0.2, 0) is 19.6 Å². The summed E-state index contributed by atoms with van der Waals surface area (Å²) >= 11 is 0. The monoisotopic (exact) mass is 485 g/mol. The third kappa shape index (κ3) is 3.86. The number of benzene rings is 3. The Balaban J connectivity index is 1.73.